The summed E-state index contributed by atoms with van der Waals surface area (Å²) in [5.41, 5.74) is 3.30. The Kier molecular flexibility index (Phi) is 4.24. The topological polar surface area (TPSA) is 29.5 Å². The van der Waals surface area contributed by atoms with E-state index >= 15 is 0 Å². The van der Waals surface area contributed by atoms with Gasteiger partial charge in [-0.1, -0.05) is 18.7 Å². The quantitative estimate of drug-likeness (QED) is 0.822. The molecule has 88 valence electrons. The SMILES string of the molecule is COc1cc(C)c(CN(C)C(=O)S)cc1C. The van der Waals surface area contributed by atoms with Gasteiger partial charge in [-0.3, -0.25) is 4.79 Å². The number of rotatable bonds is 3. The van der Waals surface area contributed by atoms with Crippen LogP contribution in [0.3, 0.4) is 0 Å². The monoisotopic (exact) mass is 239 g/mol. The van der Waals surface area contributed by atoms with E-state index in [4.69, 9.17) is 4.74 Å². The molecule has 1 aromatic carbocycles. The molecule has 0 heterocycles. The van der Waals surface area contributed by atoms with E-state index in [0.717, 1.165) is 22.4 Å². The first kappa shape index (κ1) is 12.9. The minimum absolute atomic E-state index is 0.229. The lowest BCUT2D eigenvalue weighted by molar-refractivity contribution is 0.232. The molecular weight excluding hydrogens is 222 g/mol. The molecular formula is C12H17NO2S. The number of aryl methyl sites for hydroxylation is 2. The Labute approximate surface area is 102 Å². The van der Waals surface area contributed by atoms with Gasteiger partial charge in [0.15, 0.2) is 0 Å². The third-order valence-electron chi connectivity index (χ3n) is 2.59. The Morgan fingerprint density at radius 2 is 2.00 bits per heavy atom. The third kappa shape index (κ3) is 2.92. The van der Waals surface area contributed by atoms with Crippen molar-refractivity contribution in [3.8, 4) is 5.75 Å². The first-order valence-corrected chi connectivity index (χ1v) is 5.48. The Morgan fingerprint density at radius 1 is 1.38 bits per heavy atom. The van der Waals surface area contributed by atoms with Crippen LogP contribution in [0.2, 0.25) is 0 Å². The number of thiol groups is 1. The summed E-state index contributed by atoms with van der Waals surface area (Å²) >= 11 is 3.78. The van der Waals surface area contributed by atoms with E-state index in [1.54, 1.807) is 19.1 Å². The maximum absolute atomic E-state index is 11.0. The molecule has 0 aliphatic rings. The second-order valence-corrected chi connectivity index (χ2v) is 4.27. The molecule has 0 aliphatic carbocycles. The highest BCUT2D eigenvalue weighted by Crippen LogP contribution is 2.23. The van der Waals surface area contributed by atoms with Crippen molar-refractivity contribution in [3.05, 3.63) is 28.8 Å². The van der Waals surface area contributed by atoms with Crippen LogP contribution in [-0.2, 0) is 6.54 Å². The number of carbonyl (C=O) groups excluding carboxylic acids is 1. The first-order valence-electron chi connectivity index (χ1n) is 5.04. The van der Waals surface area contributed by atoms with Gasteiger partial charge in [0.05, 0.1) is 7.11 Å². The summed E-state index contributed by atoms with van der Waals surface area (Å²) in [5.74, 6) is 0.876. The summed E-state index contributed by atoms with van der Waals surface area (Å²) in [5, 5.41) is -0.229. The lowest BCUT2D eigenvalue weighted by Gasteiger charge is -2.17. The van der Waals surface area contributed by atoms with Gasteiger partial charge in [-0.05, 0) is 36.6 Å². The van der Waals surface area contributed by atoms with Crippen LogP contribution in [0.15, 0.2) is 12.1 Å². The molecule has 0 aliphatic heterocycles. The molecule has 3 nitrogen and oxygen atoms in total. The number of carbonyl (C=O) groups is 1. The van der Waals surface area contributed by atoms with Crippen LogP contribution >= 0.6 is 12.6 Å². The molecule has 0 bridgehead atoms. The highest BCUT2D eigenvalue weighted by Gasteiger charge is 2.09. The van der Waals surface area contributed by atoms with E-state index in [0.29, 0.717) is 6.54 Å². The average Bonchev–Trinajstić information content (AvgIpc) is 2.22. The number of methoxy groups -OCH3 is 1. The smallest absolute Gasteiger partial charge is 0.278 e. The van der Waals surface area contributed by atoms with Gasteiger partial charge in [-0.15, -0.1) is 0 Å². The first-order chi connectivity index (χ1) is 7.45. The third-order valence-corrected chi connectivity index (χ3v) is 2.93. The maximum Gasteiger partial charge on any atom is 0.278 e. The summed E-state index contributed by atoms with van der Waals surface area (Å²) in [6.45, 7) is 4.57. The molecule has 0 N–H and O–H groups in total. The van der Waals surface area contributed by atoms with E-state index in [2.05, 4.69) is 12.6 Å². The van der Waals surface area contributed by atoms with Crippen LogP contribution in [-0.4, -0.2) is 24.3 Å². The van der Waals surface area contributed by atoms with Gasteiger partial charge in [0.1, 0.15) is 5.75 Å². The second kappa shape index (κ2) is 5.25. The van der Waals surface area contributed by atoms with Gasteiger partial charge in [0.2, 0.25) is 0 Å². The maximum atomic E-state index is 11.0. The summed E-state index contributed by atoms with van der Waals surface area (Å²) < 4.78 is 5.24. The van der Waals surface area contributed by atoms with Crippen molar-refractivity contribution in [2.24, 2.45) is 0 Å². The van der Waals surface area contributed by atoms with E-state index in [-0.39, 0.29) is 5.24 Å². The van der Waals surface area contributed by atoms with Crippen LogP contribution in [0, 0.1) is 13.8 Å². The van der Waals surface area contributed by atoms with Gasteiger partial charge in [-0.2, -0.15) is 0 Å². The van der Waals surface area contributed by atoms with E-state index < -0.39 is 0 Å². The van der Waals surface area contributed by atoms with Crippen LogP contribution < -0.4 is 4.74 Å². The lowest BCUT2D eigenvalue weighted by Crippen LogP contribution is -2.20. The van der Waals surface area contributed by atoms with Crippen LogP contribution in [0.1, 0.15) is 16.7 Å². The minimum Gasteiger partial charge on any atom is -0.496 e. The van der Waals surface area contributed by atoms with Crippen LogP contribution in [0.25, 0.3) is 0 Å². The highest BCUT2D eigenvalue weighted by molar-refractivity contribution is 7.96. The molecule has 0 saturated heterocycles. The number of hydrogen-bond acceptors (Lipinski definition) is 2. The minimum atomic E-state index is -0.229. The Balaban J connectivity index is 2.98. The summed E-state index contributed by atoms with van der Waals surface area (Å²) in [7, 11) is 3.39. The van der Waals surface area contributed by atoms with Gasteiger partial charge in [-0.25, -0.2) is 0 Å². The molecule has 0 spiro atoms. The molecule has 0 atom stereocenters. The van der Waals surface area contributed by atoms with Gasteiger partial charge < -0.3 is 9.64 Å². The summed E-state index contributed by atoms with van der Waals surface area (Å²) in [6.07, 6.45) is 0. The van der Waals surface area contributed by atoms with Gasteiger partial charge in [0.25, 0.3) is 5.24 Å². The number of amides is 1. The Morgan fingerprint density at radius 3 is 2.50 bits per heavy atom. The number of hydrogen-bond donors (Lipinski definition) is 1. The Bertz CT molecular complexity index is 404. The fourth-order valence-corrected chi connectivity index (χ4v) is 1.63. The zero-order chi connectivity index (χ0) is 12.3. The molecule has 0 fully saturated rings. The van der Waals surface area contributed by atoms with Crippen LogP contribution in [0.4, 0.5) is 4.79 Å². The van der Waals surface area contributed by atoms with Crippen molar-refractivity contribution in [3.63, 3.8) is 0 Å². The van der Waals surface area contributed by atoms with Crippen molar-refractivity contribution >= 4 is 17.9 Å². The van der Waals surface area contributed by atoms with Crippen molar-refractivity contribution < 1.29 is 9.53 Å². The van der Waals surface area contributed by atoms with Gasteiger partial charge in [0, 0.05) is 13.6 Å². The van der Waals surface area contributed by atoms with E-state index in [9.17, 15) is 4.79 Å². The molecule has 0 radical (unpaired) electrons. The molecule has 16 heavy (non-hydrogen) atoms. The molecule has 1 rings (SSSR count). The summed E-state index contributed by atoms with van der Waals surface area (Å²) in [6, 6.07) is 4.03. The predicted octanol–water partition coefficient (Wildman–Crippen LogP) is 2.79. The average molecular weight is 239 g/mol. The fourth-order valence-electron chi connectivity index (χ4n) is 1.56. The largest absolute Gasteiger partial charge is 0.496 e. The van der Waals surface area contributed by atoms with Crippen molar-refractivity contribution in [2.45, 2.75) is 20.4 Å². The zero-order valence-electron chi connectivity index (χ0n) is 10.1. The highest BCUT2D eigenvalue weighted by atomic mass is 32.1. The fraction of sp³-hybridized carbons (Fsp3) is 0.417. The zero-order valence-corrected chi connectivity index (χ0v) is 11.0. The molecule has 0 saturated carbocycles. The van der Waals surface area contributed by atoms with Crippen molar-refractivity contribution in [2.75, 3.05) is 14.2 Å². The number of ether oxygens (including phenoxy) is 1. The number of benzene rings is 1. The molecule has 4 heteroatoms. The van der Waals surface area contributed by atoms with Crippen LogP contribution in [0.5, 0.6) is 5.75 Å². The van der Waals surface area contributed by atoms with Gasteiger partial charge >= 0.3 is 0 Å². The molecule has 1 amide bonds. The Hall–Kier alpha value is -1.16. The molecule has 1 aromatic rings. The number of nitrogens with zero attached hydrogens (tertiary/aromatic N) is 1. The van der Waals surface area contributed by atoms with E-state index in [1.165, 1.54) is 0 Å². The predicted molar refractivity (Wildman–Crippen MR) is 68.3 cm³/mol. The molecule has 0 aromatic heterocycles. The van der Waals surface area contributed by atoms with E-state index in [1.807, 2.05) is 26.0 Å². The lowest BCUT2D eigenvalue weighted by atomic mass is 10.0. The molecule has 0 unspecified atom stereocenters. The second-order valence-electron chi connectivity index (χ2n) is 3.89. The normalized spacial score (nSPS) is 10.1. The summed E-state index contributed by atoms with van der Waals surface area (Å²) in [4.78, 5) is 12.6. The van der Waals surface area contributed by atoms with Crippen molar-refractivity contribution in [1.82, 2.24) is 4.90 Å². The standard InChI is InChI=1S/C12H17NO2S/c1-8-6-11(15-4)9(2)5-10(8)7-13(3)12(14)16/h5-6H,7H2,1-4H3,(H,14,16). The van der Waals surface area contributed by atoms with Crippen molar-refractivity contribution in [1.29, 1.82) is 0 Å².